The number of hydrogen-bond donors (Lipinski definition) is 1. The lowest BCUT2D eigenvalue weighted by molar-refractivity contribution is 0.266. The van der Waals surface area contributed by atoms with E-state index in [0.717, 1.165) is 18.4 Å². The minimum absolute atomic E-state index is 0.626. The number of hydrogen-bond acceptors (Lipinski definition) is 1. The first-order valence-electron chi connectivity index (χ1n) is 6.50. The predicted octanol–water partition coefficient (Wildman–Crippen LogP) is 3.76. The highest BCUT2D eigenvalue weighted by atomic mass is 14.9. The van der Waals surface area contributed by atoms with E-state index < -0.39 is 0 Å². The van der Waals surface area contributed by atoms with Crippen molar-refractivity contribution >= 4 is 0 Å². The van der Waals surface area contributed by atoms with Gasteiger partial charge < -0.3 is 5.32 Å². The predicted molar refractivity (Wildman–Crippen MR) is 68.0 cm³/mol. The molecule has 15 heavy (non-hydrogen) atoms. The van der Waals surface area contributed by atoms with Crippen LogP contribution >= 0.6 is 0 Å². The zero-order valence-electron chi connectivity index (χ0n) is 10.6. The van der Waals surface area contributed by atoms with Crippen LogP contribution in [0.2, 0.25) is 0 Å². The van der Waals surface area contributed by atoms with Crippen molar-refractivity contribution in [1.29, 1.82) is 0 Å². The van der Waals surface area contributed by atoms with E-state index >= 15 is 0 Å². The van der Waals surface area contributed by atoms with E-state index in [9.17, 15) is 0 Å². The van der Waals surface area contributed by atoms with Gasteiger partial charge >= 0.3 is 0 Å². The summed E-state index contributed by atoms with van der Waals surface area (Å²) >= 11 is 0. The van der Waals surface area contributed by atoms with Crippen LogP contribution in [0.4, 0.5) is 0 Å². The molecule has 0 spiro atoms. The molecule has 1 fully saturated rings. The summed E-state index contributed by atoms with van der Waals surface area (Å²) in [4.78, 5) is 0. The van der Waals surface area contributed by atoms with E-state index in [4.69, 9.17) is 0 Å². The third kappa shape index (κ3) is 4.38. The molecule has 0 aromatic rings. The average Bonchev–Trinajstić information content (AvgIpc) is 2.22. The van der Waals surface area contributed by atoms with Crippen LogP contribution in [0.3, 0.4) is 0 Å². The molecule has 1 aliphatic rings. The van der Waals surface area contributed by atoms with Crippen molar-refractivity contribution in [3.05, 3.63) is 12.7 Å². The maximum absolute atomic E-state index is 3.81. The third-order valence-electron chi connectivity index (χ3n) is 3.91. The van der Waals surface area contributed by atoms with Crippen molar-refractivity contribution in [3.63, 3.8) is 0 Å². The van der Waals surface area contributed by atoms with Crippen LogP contribution in [0.15, 0.2) is 12.7 Å². The fourth-order valence-electron chi connectivity index (χ4n) is 2.43. The van der Waals surface area contributed by atoms with Gasteiger partial charge in [-0.3, -0.25) is 0 Å². The Bertz CT molecular complexity index is 180. The fraction of sp³-hybridized carbons (Fsp3) is 0.857. The van der Waals surface area contributed by atoms with Gasteiger partial charge in [-0.2, -0.15) is 0 Å². The SMILES string of the molecule is C=CCC(C)C(C)NC1CCC(C)CC1. The molecule has 1 aliphatic carbocycles. The summed E-state index contributed by atoms with van der Waals surface area (Å²) in [5, 5.41) is 3.78. The van der Waals surface area contributed by atoms with E-state index in [-0.39, 0.29) is 0 Å². The maximum atomic E-state index is 3.81. The Balaban J connectivity index is 2.25. The molecule has 2 unspecified atom stereocenters. The Morgan fingerprint density at radius 3 is 2.40 bits per heavy atom. The molecule has 0 bridgehead atoms. The van der Waals surface area contributed by atoms with Crippen LogP contribution in [0, 0.1) is 11.8 Å². The fourth-order valence-corrected chi connectivity index (χ4v) is 2.43. The first kappa shape index (κ1) is 12.8. The highest BCUT2D eigenvalue weighted by Gasteiger charge is 2.20. The highest BCUT2D eigenvalue weighted by Crippen LogP contribution is 2.24. The first-order valence-corrected chi connectivity index (χ1v) is 6.50. The number of rotatable bonds is 5. The molecule has 0 radical (unpaired) electrons. The summed E-state index contributed by atoms with van der Waals surface area (Å²) in [6.45, 7) is 10.8. The zero-order valence-corrected chi connectivity index (χ0v) is 10.6. The van der Waals surface area contributed by atoms with Gasteiger partial charge in [0.25, 0.3) is 0 Å². The van der Waals surface area contributed by atoms with Crippen molar-refractivity contribution in [2.24, 2.45) is 11.8 Å². The molecule has 1 saturated carbocycles. The van der Waals surface area contributed by atoms with E-state index in [0.29, 0.717) is 12.0 Å². The third-order valence-corrected chi connectivity index (χ3v) is 3.91. The summed E-state index contributed by atoms with van der Waals surface area (Å²) in [7, 11) is 0. The van der Waals surface area contributed by atoms with Crippen LogP contribution in [-0.4, -0.2) is 12.1 Å². The van der Waals surface area contributed by atoms with Gasteiger partial charge in [0.05, 0.1) is 0 Å². The summed E-state index contributed by atoms with van der Waals surface area (Å²) < 4.78 is 0. The molecule has 2 atom stereocenters. The topological polar surface area (TPSA) is 12.0 Å². The standard InChI is InChI=1S/C14H27N/c1-5-6-12(3)13(4)15-14-9-7-11(2)8-10-14/h5,11-15H,1,6-10H2,2-4H3. The van der Waals surface area contributed by atoms with Gasteiger partial charge in [0.15, 0.2) is 0 Å². The molecule has 88 valence electrons. The highest BCUT2D eigenvalue weighted by molar-refractivity contribution is 4.82. The summed E-state index contributed by atoms with van der Waals surface area (Å²) in [6.07, 6.45) is 8.70. The minimum atomic E-state index is 0.626. The van der Waals surface area contributed by atoms with Crippen molar-refractivity contribution < 1.29 is 0 Å². The molecular formula is C14H27N. The van der Waals surface area contributed by atoms with Gasteiger partial charge in [0.1, 0.15) is 0 Å². The Morgan fingerprint density at radius 1 is 1.27 bits per heavy atom. The second kappa shape index (κ2) is 6.32. The molecule has 1 nitrogen and oxygen atoms in total. The Morgan fingerprint density at radius 2 is 1.87 bits per heavy atom. The molecule has 0 aromatic heterocycles. The van der Waals surface area contributed by atoms with Crippen molar-refractivity contribution in [1.82, 2.24) is 5.32 Å². The Labute approximate surface area is 95.3 Å². The van der Waals surface area contributed by atoms with Crippen LogP contribution in [-0.2, 0) is 0 Å². The van der Waals surface area contributed by atoms with E-state index in [1.54, 1.807) is 0 Å². The van der Waals surface area contributed by atoms with Crippen LogP contribution in [0.1, 0.15) is 52.9 Å². The van der Waals surface area contributed by atoms with E-state index in [2.05, 4.69) is 32.7 Å². The van der Waals surface area contributed by atoms with E-state index in [1.165, 1.54) is 25.7 Å². The molecule has 0 heterocycles. The first-order chi connectivity index (χ1) is 7.13. The Hall–Kier alpha value is -0.300. The van der Waals surface area contributed by atoms with Crippen molar-refractivity contribution in [2.75, 3.05) is 0 Å². The van der Waals surface area contributed by atoms with Gasteiger partial charge in [0, 0.05) is 12.1 Å². The lowest BCUT2D eigenvalue weighted by Crippen LogP contribution is -2.41. The number of allylic oxidation sites excluding steroid dienone is 1. The van der Waals surface area contributed by atoms with Crippen molar-refractivity contribution in [2.45, 2.75) is 65.0 Å². The second-order valence-corrected chi connectivity index (χ2v) is 5.41. The summed E-state index contributed by atoms with van der Waals surface area (Å²) in [5.74, 6) is 1.66. The quantitative estimate of drug-likeness (QED) is 0.680. The van der Waals surface area contributed by atoms with E-state index in [1.807, 2.05) is 6.08 Å². The maximum Gasteiger partial charge on any atom is 0.00699 e. The van der Waals surface area contributed by atoms with Gasteiger partial charge in [-0.25, -0.2) is 0 Å². The zero-order chi connectivity index (χ0) is 11.3. The summed E-state index contributed by atoms with van der Waals surface area (Å²) in [6, 6.07) is 1.39. The molecule has 0 aromatic carbocycles. The smallest absolute Gasteiger partial charge is 0.00699 e. The minimum Gasteiger partial charge on any atom is -0.311 e. The number of nitrogens with one attached hydrogen (secondary N) is 1. The molecule has 0 amide bonds. The lowest BCUT2D eigenvalue weighted by Gasteiger charge is -2.31. The monoisotopic (exact) mass is 209 g/mol. The molecule has 1 rings (SSSR count). The molecule has 1 heteroatoms. The molecule has 0 saturated heterocycles. The van der Waals surface area contributed by atoms with Gasteiger partial charge in [-0.1, -0.05) is 19.9 Å². The van der Waals surface area contributed by atoms with Crippen molar-refractivity contribution in [3.8, 4) is 0 Å². The molecule has 0 aliphatic heterocycles. The molecular weight excluding hydrogens is 182 g/mol. The second-order valence-electron chi connectivity index (χ2n) is 5.41. The largest absolute Gasteiger partial charge is 0.311 e. The average molecular weight is 209 g/mol. The van der Waals surface area contributed by atoms with Crippen LogP contribution in [0.5, 0.6) is 0 Å². The normalized spacial score (nSPS) is 30.9. The van der Waals surface area contributed by atoms with Gasteiger partial charge in [-0.05, 0) is 50.9 Å². The van der Waals surface area contributed by atoms with Crippen LogP contribution in [0.25, 0.3) is 0 Å². The summed E-state index contributed by atoms with van der Waals surface area (Å²) in [5.41, 5.74) is 0. The molecule has 1 N–H and O–H groups in total. The van der Waals surface area contributed by atoms with Gasteiger partial charge in [-0.15, -0.1) is 6.58 Å². The van der Waals surface area contributed by atoms with Gasteiger partial charge in [0.2, 0.25) is 0 Å². The lowest BCUT2D eigenvalue weighted by atomic mass is 9.86. The van der Waals surface area contributed by atoms with Crippen LogP contribution < -0.4 is 5.32 Å². The Kier molecular flexibility index (Phi) is 5.38.